The summed E-state index contributed by atoms with van der Waals surface area (Å²) in [5.41, 5.74) is 0. The minimum atomic E-state index is -0.807. The largest absolute Gasteiger partial charge is 0.462 e. The molecule has 0 saturated carbocycles. The van der Waals surface area contributed by atoms with Crippen molar-refractivity contribution in [2.45, 2.75) is 264 Å². The summed E-state index contributed by atoms with van der Waals surface area (Å²) in [4.78, 5) is 38.1. The van der Waals surface area contributed by atoms with Crippen LogP contribution in [0.25, 0.3) is 0 Å². The Morgan fingerprint density at radius 1 is 0.294 bits per heavy atom. The second-order valence-electron chi connectivity index (χ2n) is 18.6. The molecule has 0 aliphatic rings. The van der Waals surface area contributed by atoms with Crippen LogP contribution in [0.15, 0.2) is 97.2 Å². The van der Waals surface area contributed by atoms with Gasteiger partial charge in [-0.2, -0.15) is 0 Å². The summed E-state index contributed by atoms with van der Waals surface area (Å²) in [5, 5.41) is 0. The lowest BCUT2D eigenvalue weighted by molar-refractivity contribution is -0.167. The van der Waals surface area contributed by atoms with Gasteiger partial charge in [0.25, 0.3) is 0 Å². The van der Waals surface area contributed by atoms with Crippen LogP contribution in [0.5, 0.6) is 0 Å². The Bertz CT molecular complexity index is 1360. The molecule has 0 bridgehead atoms. The average Bonchev–Trinajstić information content (AvgIpc) is 3.34. The minimum Gasteiger partial charge on any atom is -0.462 e. The number of rotatable bonds is 50. The van der Waals surface area contributed by atoms with E-state index in [1.54, 1.807) is 0 Å². The molecule has 388 valence electrons. The van der Waals surface area contributed by atoms with E-state index in [4.69, 9.17) is 14.2 Å². The zero-order chi connectivity index (χ0) is 49.3. The van der Waals surface area contributed by atoms with E-state index in [-0.39, 0.29) is 37.5 Å². The summed E-state index contributed by atoms with van der Waals surface area (Å²) in [6.45, 7) is 6.50. The number of esters is 3. The SMILES string of the molecule is CCC\C=C/C=C\C=C/C=C\C=C/CCCCCCCC(=O)OCC(COC(=O)CCCCCCC/C=C\CCCCCCCCC)OC(=O)CCCCC/C=C\C=C/CCCCCCCCC. The second kappa shape index (κ2) is 55.9. The van der Waals surface area contributed by atoms with Gasteiger partial charge in [-0.25, -0.2) is 0 Å². The third-order valence-electron chi connectivity index (χ3n) is 11.9. The molecule has 0 radical (unpaired) electrons. The molecule has 0 saturated heterocycles. The topological polar surface area (TPSA) is 78.9 Å². The Morgan fingerprint density at radius 2 is 0.574 bits per heavy atom. The van der Waals surface area contributed by atoms with E-state index < -0.39 is 6.10 Å². The highest BCUT2D eigenvalue weighted by Crippen LogP contribution is 2.14. The molecule has 0 heterocycles. The lowest BCUT2D eigenvalue weighted by atomic mass is 10.1. The number of hydrogen-bond donors (Lipinski definition) is 0. The van der Waals surface area contributed by atoms with Crippen LogP contribution in [0.1, 0.15) is 258 Å². The highest BCUT2D eigenvalue weighted by atomic mass is 16.6. The summed E-state index contributed by atoms with van der Waals surface area (Å²) in [6.07, 6.45) is 73.9. The van der Waals surface area contributed by atoms with Gasteiger partial charge in [0.2, 0.25) is 0 Å². The smallest absolute Gasteiger partial charge is 0.306 e. The van der Waals surface area contributed by atoms with Crippen LogP contribution in [0, 0.1) is 0 Å². The first kappa shape index (κ1) is 64.3. The molecule has 0 aliphatic carbocycles. The number of unbranched alkanes of at least 4 members (excludes halogenated alkanes) is 28. The average molecular weight is 946 g/mol. The third-order valence-corrected chi connectivity index (χ3v) is 11.9. The molecule has 0 aliphatic heterocycles. The van der Waals surface area contributed by atoms with Crippen molar-refractivity contribution < 1.29 is 28.6 Å². The minimum absolute atomic E-state index is 0.102. The summed E-state index contributed by atoms with van der Waals surface area (Å²) >= 11 is 0. The van der Waals surface area contributed by atoms with Crippen LogP contribution >= 0.6 is 0 Å². The van der Waals surface area contributed by atoms with Crippen LogP contribution < -0.4 is 0 Å². The Balaban J connectivity index is 4.50. The Hall–Kier alpha value is -3.67. The predicted octanol–water partition coefficient (Wildman–Crippen LogP) is 18.9. The molecular formula is C62H104O6. The number of ether oxygens (including phenoxy) is 3. The van der Waals surface area contributed by atoms with Crippen molar-refractivity contribution in [3.8, 4) is 0 Å². The lowest BCUT2D eigenvalue weighted by Crippen LogP contribution is -2.30. The molecule has 1 atom stereocenters. The van der Waals surface area contributed by atoms with Crippen LogP contribution in [-0.4, -0.2) is 37.2 Å². The molecule has 0 amide bonds. The van der Waals surface area contributed by atoms with E-state index in [1.807, 2.05) is 24.3 Å². The van der Waals surface area contributed by atoms with Gasteiger partial charge in [0.15, 0.2) is 6.10 Å². The molecule has 0 aromatic carbocycles. The van der Waals surface area contributed by atoms with Crippen molar-refractivity contribution in [3.63, 3.8) is 0 Å². The maximum absolute atomic E-state index is 12.8. The number of carbonyl (C=O) groups excluding carboxylic acids is 3. The van der Waals surface area contributed by atoms with Gasteiger partial charge < -0.3 is 14.2 Å². The van der Waals surface area contributed by atoms with Crippen molar-refractivity contribution in [3.05, 3.63) is 97.2 Å². The van der Waals surface area contributed by atoms with E-state index in [0.29, 0.717) is 12.8 Å². The highest BCUT2D eigenvalue weighted by molar-refractivity contribution is 5.71. The van der Waals surface area contributed by atoms with Crippen molar-refractivity contribution >= 4 is 17.9 Å². The van der Waals surface area contributed by atoms with Gasteiger partial charge in [-0.05, 0) is 89.9 Å². The van der Waals surface area contributed by atoms with Crippen molar-refractivity contribution in [2.75, 3.05) is 13.2 Å². The van der Waals surface area contributed by atoms with Crippen LogP contribution in [0.4, 0.5) is 0 Å². The van der Waals surface area contributed by atoms with Gasteiger partial charge in [-0.15, -0.1) is 0 Å². The van der Waals surface area contributed by atoms with Gasteiger partial charge in [-0.3, -0.25) is 14.4 Å². The van der Waals surface area contributed by atoms with E-state index in [9.17, 15) is 14.4 Å². The predicted molar refractivity (Wildman–Crippen MR) is 293 cm³/mol. The van der Waals surface area contributed by atoms with Gasteiger partial charge in [0.05, 0.1) is 0 Å². The fourth-order valence-corrected chi connectivity index (χ4v) is 7.63. The Morgan fingerprint density at radius 3 is 0.956 bits per heavy atom. The summed E-state index contributed by atoms with van der Waals surface area (Å²) in [7, 11) is 0. The molecule has 6 heteroatoms. The molecule has 0 rings (SSSR count). The number of allylic oxidation sites excluding steroid dienone is 16. The van der Waals surface area contributed by atoms with Crippen LogP contribution in [-0.2, 0) is 28.6 Å². The van der Waals surface area contributed by atoms with Gasteiger partial charge >= 0.3 is 17.9 Å². The highest BCUT2D eigenvalue weighted by Gasteiger charge is 2.19. The second-order valence-corrected chi connectivity index (χ2v) is 18.6. The molecule has 0 fully saturated rings. The molecule has 0 spiro atoms. The quantitative estimate of drug-likeness (QED) is 0.0199. The van der Waals surface area contributed by atoms with Crippen molar-refractivity contribution in [1.82, 2.24) is 0 Å². The van der Waals surface area contributed by atoms with E-state index >= 15 is 0 Å². The molecular weight excluding hydrogens is 841 g/mol. The lowest BCUT2D eigenvalue weighted by Gasteiger charge is -2.18. The van der Waals surface area contributed by atoms with Gasteiger partial charge in [0.1, 0.15) is 13.2 Å². The summed E-state index contributed by atoms with van der Waals surface area (Å²) < 4.78 is 16.8. The molecule has 0 aromatic rings. The summed E-state index contributed by atoms with van der Waals surface area (Å²) in [6, 6.07) is 0. The first-order valence-electron chi connectivity index (χ1n) is 28.3. The molecule has 0 N–H and O–H groups in total. The van der Waals surface area contributed by atoms with E-state index in [2.05, 4.69) is 93.7 Å². The Labute approximate surface area is 419 Å². The standard InChI is InChI=1S/C62H104O6/c1-4-7-10-13-16-19-22-25-28-31-32-35-37-40-43-46-49-52-55-61(64)67-58-59(68-62(65)56-53-50-47-44-41-38-34-30-27-24-21-18-15-12-9-6-3)57-66-60(63)54-51-48-45-42-39-36-33-29-26-23-20-17-14-11-8-5-2/h10,13,16,19,22,25,28-35,38,41,59H,4-9,11-12,14-15,17-18,20-21,23-24,26-27,36-37,39-40,42-58H2,1-3H3/b13-10-,19-16-,25-22-,31-28-,33-29-,34-30-,35-32-,41-38-. The maximum Gasteiger partial charge on any atom is 0.306 e. The molecule has 68 heavy (non-hydrogen) atoms. The zero-order valence-electron chi connectivity index (χ0n) is 44.3. The summed E-state index contributed by atoms with van der Waals surface area (Å²) in [5.74, 6) is -0.959. The monoisotopic (exact) mass is 945 g/mol. The van der Waals surface area contributed by atoms with Crippen molar-refractivity contribution in [1.29, 1.82) is 0 Å². The third kappa shape index (κ3) is 53.3. The fraction of sp³-hybridized carbons (Fsp3) is 0.694. The maximum atomic E-state index is 12.8. The zero-order valence-corrected chi connectivity index (χ0v) is 44.3. The van der Waals surface area contributed by atoms with Crippen LogP contribution in [0.2, 0.25) is 0 Å². The number of carbonyl (C=O) groups is 3. The first-order chi connectivity index (χ1) is 33.5. The Kier molecular flexibility index (Phi) is 52.9. The fourth-order valence-electron chi connectivity index (χ4n) is 7.63. The van der Waals surface area contributed by atoms with Crippen LogP contribution in [0.3, 0.4) is 0 Å². The van der Waals surface area contributed by atoms with Gasteiger partial charge in [-0.1, -0.05) is 246 Å². The molecule has 6 nitrogen and oxygen atoms in total. The van der Waals surface area contributed by atoms with E-state index in [0.717, 1.165) is 103 Å². The van der Waals surface area contributed by atoms with E-state index in [1.165, 1.54) is 116 Å². The first-order valence-corrected chi connectivity index (χ1v) is 28.3. The van der Waals surface area contributed by atoms with Gasteiger partial charge in [0, 0.05) is 19.3 Å². The molecule has 1 unspecified atom stereocenters. The number of hydrogen-bond acceptors (Lipinski definition) is 6. The van der Waals surface area contributed by atoms with Crippen molar-refractivity contribution in [2.24, 2.45) is 0 Å². The normalized spacial score (nSPS) is 12.8. The molecule has 0 aromatic heterocycles.